The predicted molar refractivity (Wildman–Crippen MR) is 94.7 cm³/mol. The Hall–Kier alpha value is -3.23. The molecule has 2 heterocycles. The highest BCUT2D eigenvalue weighted by atomic mass is 19.1. The zero-order valence-electron chi connectivity index (χ0n) is 14.8. The number of carboxylic acids is 1. The summed E-state index contributed by atoms with van der Waals surface area (Å²) in [5.41, 5.74) is -0.798. The standard InChI is InChI=1S/C18H19FN4O4/c1-18(2,17(26)27)23-10-12(8-20-23)21-16(25)11-7-15(24)22(9-11)14-6-4-3-5-13(14)19/h3-6,8,10-11H,7,9H2,1-2H3,(H,21,25)(H,26,27). The third-order valence-corrected chi connectivity index (χ3v) is 4.59. The van der Waals surface area contributed by atoms with E-state index < -0.39 is 29.2 Å². The minimum absolute atomic E-state index is 0.0328. The maximum Gasteiger partial charge on any atom is 0.331 e. The molecule has 2 amide bonds. The normalized spacial score (nSPS) is 17.2. The van der Waals surface area contributed by atoms with Gasteiger partial charge in [0.15, 0.2) is 5.54 Å². The van der Waals surface area contributed by atoms with E-state index in [1.165, 1.54) is 54.0 Å². The second kappa shape index (κ2) is 6.82. The van der Waals surface area contributed by atoms with Gasteiger partial charge in [-0.3, -0.25) is 14.3 Å². The van der Waals surface area contributed by atoms with Crippen molar-refractivity contribution in [1.29, 1.82) is 0 Å². The number of carbonyl (C=O) groups is 3. The fraction of sp³-hybridized carbons (Fsp3) is 0.333. The zero-order chi connectivity index (χ0) is 19.8. The smallest absolute Gasteiger partial charge is 0.331 e. The lowest BCUT2D eigenvalue weighted by Gasteiger charge is -2.19. The largest absolute Gasteiger partial charge is 0.479 e. The average Bonchev–Trinajstić information content (AvgIpc) is 3.22. The highest BCUT2D eigenvalue weighted by Gasteiger charge is 2.36. The molecular weight excluding hydrogens is 355 g/mol. The number of rotatable bonds is 5. The van der Waals surface area contributed by atoms with Crippen LogP contribution in [-0.2, 0) is 19.9 Å². The lowest BCUT2D eigenvalue weighted by Crippen LogP contribution is -2.36. The van der Waals surface area contributed by atoms with Gasteiger partial charge in [0.1, 0.15) is 5.82 Å². The predicted octanol–water partition coefficient (Wildman–Crippen LogP) is 1.83. The van der Waals surface area contributed by atoms with Gasteiger partial charge in [-0.15, -0.1) is 0 Å². The number of aromatic nitrogens is 2. The number of carboxylic acid groups (broad SMARTS) is 1. The van der Waals surface area contributed by atoms with E-state index in [1.807, 2.05) is 0 Å². The summed E-state index contributed by atoms with van der Waals surface area (Å²) < 4.78 is 15.1. The van der Waals surface area contributed by atoms with Gasteiger partial charge in [-0.25, -0.2) is 9.18 Å². The van der Waals surface area contributed by atoms with Gasteiger partial charge in [-0.2, -0.15) is 5.10 Å². The van der Waals surface area contributed by atoms with Gasteiger partial charge >= 0.3 is 5.97 Å². The van der Waals surface area contributed by atoms with Crippen LogP contribution in [-0.4, -0.2) is 39.2 Å². The molecule has 0 aliphatic carbocycles. The van der Waals surface area contributed by atoms with Crippen molar-refractivity contribution >= 4 is 29.2 Å². The number of halogens is 1. The Morgan fingerprint density at radius 2 is 2.04 bits per heavy atom. The van der Waals surface area contributed by atoms with Crippen LogP contribution in [0.4, 0.5) is 15.8 Å². The molecule has 1 aliphatic heterocycles. The Labute approximate surface area is 154 Å². The molecule has 3 rings (SSSR count). The maximum absolute atomic E-state index is 13.9. The van der Waals surface area contributed by atoms with Gasteiger partial charge in [0.2, 0.25) is 11.8 Å². The number of nitrogens with zero attached hydrogens (tertiary/aromatic N) is 3. The fourth-order valence-electron chi connectivity index (χ4n) is 2.82. The quantitative estimate of drug-likeness (QED) is 0.831. The lowest BCUT2D eigenvalue weighted by atomic mass is 10.1. The number of anilines is 2. The van der Waals surface area contributed by atoms with Crippen LogP contribution in [0.15, 0.2) is 36.7 Å². The molecule has 0 saturated carbocycles. The molecule has 1 unspecified atom stereocenters. The van der Waals surface area contributed by atoms with Crippen LogP contribution in [0, 0.1) is 11.7 Å². The van der Waals surface area contributed by atoms with Crippen molar-refractivity contribution < 1.29 is 23.9 Å². The molecule has 0 bridgehead atoms. The molecule has 0 radical (unpaired) electrons. The van der Waals surface area contributed by atoms with Crippen molar-refractivity contribution in [2.24, 2.45) is 5.92 Å². The van der Waals surface area contributed by atoms with Crippen LogP contribution in [0.1, 0.15) is 20.3 Å². The third-order valence-electron chi connectivity index (χ3n) is 4.59. The number of hydrogen-bond donors (Lipinski definition) is 2. The summed E-state index contributed by atoms with van der Waals surface area (Å²) in [5.74, 6) is -2.97. The molecule has 1 atom stereocenters. The van der Waals surface area contributed by atoms with Crippen LogP contribution in [0.3, 0.4) is 0 Å². The van der Waals surface area contributed by atoms with Crippen molar-refractivity contribution in [3.8, 4) is 0 Å². The topological polar surface area (TPSA) is 105 Å². The zero-order valence-corrected chi connectivity index (χ0v) is 14.8. The van der Waals surface area contributed by atoms with E-state index >= 15 is 0 Å². The third kappa shape index (κ3) is 3.53. The van der Waals surface area contributed by atoms with Crippen LogP contribution in [0.25, 0.3) is 0 Å². The van der Waals surface area contributed by atoms with Crippen molar-refractivity contribution in [1.82, 2.24) is 9.78 Å². The Kier molecular flexibility index (Phi) is 4.69. The molecule has 9 heteroatoms. The van der Waals surface area contributed by atoms with Gasteiger partial charge in [0, 0.05) is 19.2 Å². The van der Waals surface area contributed by atoms with E-state index in [4.69, 9.17) is 0 Å². The molecule has 1 saturated heterocycles. The van der Waals surface area contributed by atoms with E-state index in [0.717, 1.165) is 0 Å². The summed E-state index contributed by atoms with van der Waals surface area (Å²) in [6.45, 7) is 3.03. The maximum atomic E-state index is 13.9. The first kappa shape index (κ1) is 18.6. The lowest BCUT2D eigenvalue weighted by molar-refractivity contribution is -0.146. The Morgan fingerprint density at radius 1 is 1.33 bits per heavy atom. The van der Waals surface area contributed by atoms with Crippen molar-refractivity contribution in [3.63, 3.8) is 0 Å². The number of para-hydroxylation sites is 1. The Bertz CT molecular complexity index is 908. The van der Waals surface area contributed by atoms with Gasteiger partial charge in [-0.05, 0) is 26.0 Å². The van der Waals surface area contributed by atoms with E-state index in [0.29, 0.717) is 5.69 Å². The molecule has 2 aromatic rings. The highest BCUT2D eigenvalue weighted by molar-refractivity contribution is 6.03. The minimum Gasteiger partial charge on any atom is -0.479 e. The van der Waals surface area contributed by atoms with Gasteiger partial charge in [0.25, 0.3) is 0 Å². The molecule has 0 spiro atoms. The van der Waals surface area contributed by atoms with Crippen molar-refractivity contribution in [2.45, 2.75) is 25.8 Å². The summed E-state index contributed by atoms with van der Waals surface area (Å²) in [6, 6.07) is 5.90. The second-order valence-corrected chi connectivity index (χ2v) is 6.88. The molecule has 1 aromatic carbocycles. The number of benzene rings is 1. The molecule has 1 aromatic heterocycles. The second-order valence-electron chi connectivity index (χ2n) is 6.88. The first-order chi connectivity index (χ1) is 12.7. The summed E-state index contributed by atoms with van der Waals surface area (Å²) >= 11 is 0. The minimum atomic E-state index is -1.27. The average molecular weight is 374 g/mol. The van der Waals surface area contributed by atoms with Crippen LogP contribution in [0.5, 0.6) is 0 Å². The highest BCUT2D eigenvalue weighted by Crippen LogP contribution is 2.28. The number of hydrogen-bond acceptors (Lipinski definition) is 4. The summed E-state index contributed by atoms with van der Waals surface area (Å²) in [5, 5.41) is 15.8. The summed E-state index contributed by atoms with van der Waals surface area (Å²) in [4.78, 5) is 37.2. The van der Waals surface area contributed by atoms with Gasteiger partial charge in [0.05, 0.1) is 23.5 Å². The molecule has 2 N–H and O–H groups in total. The first-order valence-corrected chi connectivity index (χ1v) is 8.34. The monoisotopic (exact) mass is 374 g/mol. The molecule has 1 aliphatic rings. The first-order valence-electron chi connectivity index (χ1n) is 8.34. The number of nitrogens with one attached hydrogen (secondary N) is 1. The molecule has 1 fully saturated rings. The fourth-order valence-corrected chi connectivity index (χ4v) is 2.82. The van der Waals surface area contributed by atoms with Crippen LogP contribution >= 0.6 is 0 Å². The van der Waals surface area contributed by atoms with Gasteiger partial charge in [-0.1, -0.05) is 12.1 Å². The molecule has 8 nitrogen and oxygen atoms in total. The van der Waals surface area contributed by atoms with Crippen LogP contribution in [0.2, 0.25) is 0 Å². The van der Waals surface area contributed by atoms with E-state index in [2.05, 4.69) is 10.4 Å². The number of carbonyl (C=O) groups excluding carboxylic acids is 2. The SMILES string of the molecule is CC(C)(C(=O)O)n1cc(NC(=O)C2CC(=O)N(c3ccccc3F)C2)cn1. The van der Waals surface area contributed by atoms with Gasteiger partial charge < -0.3 is 15.3 Å². The van der Waals surface area contributed by atoms with Crippen LogP contribution < -0.4 is 10.2 Å². The molecule has 27 heavy (non-hydrogen) atoms. The Morgan fingerprint density at radius 3 is 2.70 bits per heavy atom. The Balaban J connectivity index is 1.69. The van der Waals surface area contributed by atoms with E-state index in [1.54, 1.807) is 6.07 Å². The van der Waals surface area contributed by atoms with Crippen molar-refractivity contribution in [3.05, 3.63) is 42.5 Å². The molecular formula is C18H19FN4O4. The number of aliphatic carboxylic acids is 1. The van der Waals surface area contributed by atoms with E-state index in [-0.39, 0.29) is 24.6 Å². The molecule has 142 valence electrons. The summed E-state index contributed by atoms with van der Waals surface area (Å²) in [6.07, 6.45) is 2.72. The summed E-state index contributed by atoms with van der Waals surface area (Å²) in [7, 11) is 0. The van der Waals surface area contributed by atoms with E-state index in [9.17, 15) is 23.9 Å². The van der Waals surface area contributed by atoms with Crippen molar-refractivity contribution in [2.75, 3.05) is 16.8 Å². The number of amides is 2.